The smallest absolute Gasteiger partial charge is 0.259 e. The van der Waals surface area contributed by atoms with E-state index in [2.05, 4.69) is 4.98 Å². The summed E-state index contributed by atoms with van der Waals surface area (Å²) in [7, 11) is 0. The number of amides is 1. The highest BCUT2D eigenvalue weighted by molar-refractivity contribution is 5.82. The van der Waals surface area contributed by atoms with Crippen molar-refractivity contribution in [1.82, 2.24) is 14.3 Å². The first-order chi connectivity index (χ1) is 11.7. The number of nitrogens with zero attached hydrogens (tertiary/aromatic N) is 4. The van der Waals surface area contributed by atoms with Crippen molar-refractivity contribution in [1.29, 1.82) is 0 Å². The number of fused-ring (bicyclic) bond motifs is 1. The number of anilines is 1. The minimum atomic E-state index is -0.479. The first kappa shape index (κ1) is 15.1. The molecular weight excluding hydrogens is 308 g/mol. The van der Waals surface area contributed by atoms with Crippen LogP contribution < -0.4 is 10.5 Å². The Balaban J connectivity index is 1.57. The number of pyridine rings is 1. The lowest BCUT2D eigenvalue weighted by Crippen LogP contribution is -2.51. The lowest BCUT2D eigenvalue weighted by atomic mass is 10.2. The molecule has 2 aromatic heterocycles. The molecule has 7 nitrogen and oxygen atoms in total. The molecule has 0 saturated carbocycles. The van der Waals surface area contributed by atoms with Gasteiger partial charge in [0.2, 0.25) is 0 Å². The molecule has 2 aliphatic rings. The van der Waals surface area contributed by atoms with E-state index in [1.165, 1.54) is 10.5 Å². The summed E-state index contributed by atoms with van der Waals surface area (Å²) >= 11 is 0. The number of hydrogen-bond donors (Lipinski definition) is 0. The number of carbonyl (C=O) groups excluding carboxylic acids is 1. The monoisotopic (exact) mass is 328 g/mol. The number of carbonyl (C=O) groups is 1. The largest absolute Gasteiger partial charge is 0.365 e. The van der Waals surface area contributed by atoms with Crippen LogP contribution in [0.15, 0.2) is 35.3 Å². The Hall–Kier alpha value is -2.41. The average molecular weight is 328 g/mol. The molecule has 0 bridgehead atoms. The Labute approximate surface area is 139 Å². The molecule has 4 heterocycles. The molecule has 0 aromatic carbocycles. The summed E-state index contributed by atoms with van der Waals surface area (Å²) in [6.07, 6.45) is 3.34. The Kier molecular flexibility index (Phi) is 3.93. The van der Waals surface area contributed by atoms with E-state index in [-0.39, 0.29) is 11.5 Å². The van der Waals surface area contributed by atoms with Crippen molar-refractivity contribution in [2.45, 2.75) is 18.9 Å². The molecular formula is C17H20N4O3. The van der Waals surface area contributed by atoms with Gasteiger partial charge in [-0.25, -0.2) is 4.98 Å². The van der Waals surface area contributed by atoms with E-state index >= 15 is 0 Å². The molecule has 2 aromatic rings. The molecule has 4 rings (SSSR count). The summed E-state index contributed by atoms with van der Waals surface area (Å²) in [5.74, 6) is 0.656. The number of likely N-dealkylation sites (tertiary alicyclic amines) is 1. The zero-order chi connectivity index (χ0) is 16.5. The highest BCUT2D eigenvalue weighted by Crippen LogP contribution is 2.18. The molecule has 1 atom stereocenters. The van der Waals surface area contributed by atoms with Crippen LogP contribution in [0, 0.1) is 0 Å². The van der Waals surface area contributed by atoms with E-state index < -0.39 is 6.10 Å². The summed E-state index contributed by atoms with van der Waals surface area (Å²) in [6.45, 7) is 3.15. The van der Waals surface area contributed by atoms with Gasteiger partial charge in [0.05, 0.1) is 13.2 Å². The Bertz CT molecular complexity index is 813. The predicted molar refractivity (Wildman–Crippen MR) is 89.2 cm³/mol. The van der Waals surface area contributed by atoms with Gasteiger partial charge >= 0.3 is 0 Å². The second-order valence-corrected chi connectivity index (χ2v) is 6.22. The molecule has 2 aliphatic heterocycles. The van der Waals surface area contributed by atoms with Crippen molar-refractivity contribution < 1.29 is 9.53 Å². The highest BCUT2D eigenvalue weighted by Gasteiger charge is 2.32. The number of aromatic nitrogens is 2. The Morgan fingerprint density at radius 1 is 1.21 bits per heavy atom. The molecule has 1 amide bonds. The van der Waals surface area contributed by atoms with E-state index in [9.17, 15) is 9.59 Å². The molecule has 7 heteroatoms. The maximum absolute atomic E-state index is 12.5. The van der Waals surface area contributed by atoms with E-state index in [1.807, 2.05) is 15.9 Å². The van der Waals surface area contributed by atoms with Crippen molar-refractivity contribution >= 4 is 17.4 Å². The minimum absolute atomic E-state index is 0.0507. The third-order valence-electron chi connectivity index (χ3n) is 4.64. The summed E-state index contributed by atoms with van der Waals surface area (Å²) in [5.41, 5.74) is 0.485. The van der Waals surface area contributed by atoms with Gasteiger partial charge in [0, 0.05) is 31.9 Å². The van der Waals surface area contributed by atoms with Crippen LogP contribution in [0.3, 0.4) is 0 Å². The van der Waals surface area contributed by atoms with Gasteiger partial charge < -0.3 is 14.5 Å². The maximum Gasteiger partial charge on any atom is 0.259 e. The standard InChI is InChI=1S/C17H20N4O3/c22-16-11-15(18-14-5-1-2-8-21(14)16)20-9-10-24-13(12-20)17(23)19-6-3-4-7-19/h1-2,5,8,11,13H,3-4,6-7,9-10,12H2. The van der Waals surface area contributed by atoms with Crippen LogP contribution in [0.5, 0.6) is 0 Å². The molecule has 24 heavy (non-hydrogen) atoms. The zero-order valence-corrected chi connectivity index (χ0v) is 13.4. The van der Waals surface area contributed by atoms with Gasteiger partial charge in [-0.15, -0.1) is 0 Å². The number of rotatable bonds is 2. The summed E-state index contributed by atoms with van der Waals surface area (Å²) < 4.78 is 7.19. The summed E-state index contributed by atoms with van der Waals surface area (Å²) in [6, 6.07) is 6.98. The second kappa shape index (κ2) is 6.24. The molecule has 126 valence electrons. The van der Waals surface area contributed by atoms with Gasteiger partial charge in [-0.3, -0.25) is 14.0 Å². The topological polar surface area (TPSA) is 67.2 Å². The van der Waals surface area contributed by atoms with Crippen molar-refractivity contribution in [2.24, 2.45) is 0 Å². The van der Waals surface area contributed by atoms with Crippen LogP contribution >= 0.6 is 0 Å². The normalized spacial score (nSPS) is 21.4. The molecule has 0 N–H and O–H groups in total. The Morgan fingerprint density at radius 3 is 2.88 bits per heavy atom. The quantitative estimate of drug-likeness (QED) is 0.804. The number of hydrogen-bond acceptors (Lipinski definition) is 5. The van der Waals surface area contributed by atoms with Gasteiger partial charge in [-0.2, -0.15) is 0 Å². The number of ether oxygens (including phenoxy) is 1. The molecule has 0 spiro atoms. The summed E-state index contributed by atoms with van der Waals surface area (Å²) in [5, 5.41) is 0. The molecule has 0 radical (unpaired) electrons. The van der Waals surface area contributed by atoms with E-state index in [0.29, 0.717) is 31.2 Å². The van der Waals surface area contributed by atoms with Crippen LogP contribution in [-0.2, 0) is 9.53 Å². The van der Waals surface area contributed by atoms with Crippen LogP contribution in [0.25, 0.3) is 5.65 Å². The third kappa shape index (κ3) is 2.75. The SMILES string of the molecule is O=C(C1CN(c2cc(=O)n3ccccc3n2)CCO1)N1CCCC1. The van der Waals surface area contributed by atoms with E-state index in [0.717, 1.165) is 25.9 Å². The van der Waals surface area contributed by atoms with Crippen molar-refractivity contribution in [2.75, 3.05) is 37.7 Å². The fraction of sp³-hybridized carbons (Fsp3) is 0.471. The third-order valence-corrected chi connectivity index (χ3v) is 4.64. The fourth-order valence-corrected chi connectivity index (χ4v) is 3.35. The van der Waals surface area contributed by atoms with Crippen LogP contribution in [-0.4, -0.2) is 59.1 Å². The van der Waals surface area contributed by atoms with Gasteiger partial charge in [0.1, 0.15) is 11.5 Å². The zero-order valence-electron chi connectivity index (χ0n) is 13.4. The van der Waals surface area contributed by atoms with Gasteiger partial charge in [0.25, 0.3) is 11.5 Å². The number of morpholine rings is 1. The van der Waals surface area contributed by atoms with E-state index in [4.69, 9.17) is 4.74 Å². The first-order valence-corrected chi connectivity index (χ1v) is 8.36. The van der Waals surface area contributed by atoms with E-state index in [1.54, 1.807) is 18.3 Å². The predicted octanol–water partition coefficient (Wildman–Crippen LogP) is 0.522. The van der Waals surface area contributed by atoms with Crippen LogP contribution in [0.4, 0.5) is 5.82 Å². The minimum Gasteiger partial charge on any atom is -0.365 e. The molecule has 2 fully saturated rings. The molecule has 1 unspecified atom stereocenters. The fourth-order valence-electron chi connectivity index (χ4n) is 3.35. The van der Waals surface area contributed by atoms with Crippen molar-refractivity contribution in [3.05, 3.63) is 40.8 Å². The van der Waals surface area contributed by atoms with Crippen LogP contribution in [0.1, 0.15) is 12.8 Å². The highest BCUT2D eigenvalue weighted by atomic mass is 16.5. The Morgan fingerprint density at radius 2 is 2.04 bits per heavy atom. The lowest BCUT2D eigenvalue weighted by Gasteiger charge is -2.34. The van der Waals surface area contributed by atoms with Gasteiger partial charge in [-0.1, -0.05) is 6.07 Å². The lowest BCUT2D eigenvalue weighted by molar-refractivity contribution is -0.143. The molecule has 0 aliphatic carbocycles. The summed E-state index contributed by atoms with van der Waals surface area (Å²) in [4.78, 5) is 33.2. The van der Waals surface area contributed by atoms with Crippen LogP contribution in [0.2, 0.25) is 0 Å². The van der Waals surface area contributed by atoms with Gasteiger partial charge in [0.15, 0.2) is 6.10 Å². The maximum atomic E-state index is 12.5. The molecule has 2 saturated heterocycles. The van der Waals surface area contributed by atoms with Gasteiger partial charge in [-0.05, 0) is 25.0 Å². The van der Waals surface area contributed by atoms with Crippen molar-refractivity contribution in [3.8, 4) is 0 Å². The first-order valence-electron chi connectivity index (χ1n) is 8.36. The second-order valence-electron chi connectivity index (χ2n) is 6.22. The van der Waals surface area contributed by atoms with Crippen molar-refractivity contribution in [3.63, 3.8) is 0 Å². The average Bonchev–Trinajstić information content (AvgIpc) is 3.16.